The van der Waals surface area contributed by atoms with Crippen LogP contribution in [0.4, 0.5) is 17.1 Å². The molecule has 0 bridgehead atoms. The number of nitrogen functional groups attached to an aromatic ring is 2. The number of nitrogens with two attached hydrogens (primary N) is 2. The first-order valence-corrected chi connectivity index (χ1v) is 6.35. The average molecular weight is 353 g/mol. The summed E-state index contributed by atoms with van der Waals surface area (Å²) in [5, 5.41) is 2.79. The third-order valence-corrected chi connectivity index (χ3v) is 3.06. The average Bonchev–Trinajstić information content (AvgIpc) is 2.31. The van der Waals surface area contributed by atoms with Crippen molar-refractivity contribution in [1.82, 2.24) is 0 Å². The minimum atomic E-state index is -0.227. The maximum atomic E-state index is 12.0. The van der Waals surface area contributed by atoms with Gasteiger partial charge < -0.3 is 16.8 Å². The van der Waals surface area contributed by atoms with Crippen molar-refractivity contribution >= 4 is 45.6 Å². The Bertz CT molecular complexity index is 561. The van der Waals surface area contributed by atoms with Crippen LogP contribution in [0.1, 0.15) is 10.4 Å². The van der Waals surface area contributed by atoms with E-state index in [9.17, 15) is 4.79 Å². The van der Waals surface area contributed by atoms with Crippen molar-refractivity contribution in [1.29, 1.82) is 0 Å². The second kappa shape index (κ2) is 5.26. The number of anilines is 3. The first kappa shape index (κ1) is 12.7. The summed E-state index contributed by atoms with van der Waals surface area (Å²) < 4.78 is 1.11. The van der Waals surface area contributed by atoms with E-state index in [0.29, 0.717) is 16.9 Å². The third-order valence-electron chi connectivity index (χ3n) is 2.34. The highest BCUT2D eigenvalue weighted by molar-refractivity contribution is 14.1. The van der Waals surface area contributed by atoms with Gasteiger partial charge in [-0.3, -0.25) is 4.79 Å². The predicted octanol–water partition coefficient (Wildman–Crippen LogP) is 2.71. The van der Waals surface area contributed by atoms with Gasteiger partial charge in [0.15, 0.2) is 0 Å². The van der Waals surface area contributed by atoms with Gasteiger partial charge in [-0.2, -0.15) is 0 Å². The van der Waals surface area contributed by atoms with Gasteiger partial charge in [0.25, 0.3) is 5.91 Å². The fourth-order valence-electron chi connectivity index (χ4n) is 1.54. The van der Waals surface area contributed by atoms with Crippen LogP contribution < -0.4 is 16.8 Å². The van der Waals surface area contributed by atoms with E-state index in [-0.39, 0.29) is 5.91 Å². The fraction of sp³-hybridized carbons (Fsp3) is 0. The van der Waals surface area contributed by atoms with Crippen LogP contribution in [0.25, 0.3) is 0 Å². The molecule has 0 saturated carbocycles. The van der Waals surface area contributed by atoms with Gasteiger partial charge in [0.05, 0.1) is 0 Å². The molecule has 0 aliphatic rings. The van der Waals surface area contributed by atoms with Crippen molar-refractivity contribution in [3.05, 3.63) is 51.6 Å². The number of carbonyl (C=O) groups is 1. The molecule has 92 valence electrons. The summed E-state index contributed by atoms with van der Waals surface area (Å²) in [5.74, 6) is -0.227. The Labute approximate surface area is 119 Å². The van der Waals surface area contributed by atoms with Crippen LogP contribution in [0.15, 0.2) is 42.5 Å². The summed E-state index contributed by atoms with van der Waals surface area (Å²) in [6, 6.07) is 12.3. The quantitative estimate of drug-likeness (QED) is 0.574. The monoisotopic (exact) mass is 353 g/mol. The number of nitrogens with one attached hydrogen (secondary N) is 1. The third kappa shape index (κ3) is 3.13. The molecule has 0 aromatic heterocycles. The Morgan fingerprint density at radius 2 is 1.56 bits per heavy atom. The Balaban J connectivity index is 2.19. The normalized spacial score (nSPS) is 10.1. The van der Waals surface area contributed by atoms with E-state index >= 15 is 0 Å². The first-order chi connectivity index (χ1) is 8.54. The highest BCUT2D eigenvalue weighted by Crippen LogP contribution is 2.16. The molecule has 0 unspecified atom stereocenters. The highest BCUT2D eigenvalue weighted by Gasteiger charge is 2.07. The van der Waals surface area contributed by atoms with Gasteiger partial charge in [0.1, 0.15) is 0 Å². The van der Waals surface area contributed by atoms with Crippen molar-refractivity contribution in [3.63, 3.8) is 0 Å². The van der Waals surface area contributed by atoms with Gasteiger partial charge in [-0.1, -0.05) is 0 Å². The van der Waals surface area contributed by atoms with Crippen LogP contribution in [-0.4, -0.2) is 5.91 Å². The van der Waals surface area contributed by atoms with Crippen molar-refractivity contribution in [2.24, 2.45) is 0 Å². The molecule has 2 aromatic rings. The minimum Gasteiger partial charge on any atom is -0.399 e. The van der Waals surface area contributed by atoms with Gasteiger partial charge >= 0.3 is 0 Å². The number of benzene rings is 2. The highest BCUT2D eigenvalue weighted by atomic mass is 127. The Morgan fingerprint density at radius 1 is 1.00 bits per heavy atom. The molecule has 0 atom stereocenters. The standard InChI is InChI=1S/C13H12IN3O/c14-9-1-3-12(4-2-9)17-13(18)8-5-10(15)7-11(16)6-8/h1-7H,15-16H2,(H,17,18). The molecule has 2 aromatic carbocycles. The fourth-order valence-corrected chi connectivity index (χ4v) is 1.90. The van der Waals surface area contributed by atoms with Gasteiger partial charge in [0.2, 0.25) is 0 Å². The zero-order valence-corrected chi connectivity index (χ0v) is 11.6. The van der Waals surface area contributed by atoms with Gasteiger partial charge in [0, 0.05) is 26.2 Å². The zero-order valence-electron chi connectivity index (χ0n) is 9.48. The Morgan fingerprint density at radius 3 is 2.11 bits per heavy atom. The number of rotatable bonds is 2. The van der Waals surface area contributed by atoms with Gasteiger partial charge in [-0.15, -0.1) is 0 Å². The maximum absolute atomic E-state index is 12.0. The molecule has 0 spiro atoms. The SMILES string of the molecule is Nc1cc(N)cc(C(=O)Nc2ccc(I)cc2)c1. The van der Waals surface area contributed by atoms with Gasteiger partial charge in [-0.25, -0.2) is 0 Å². The van der Waals surface area contributed by atoms with Crippen LogP contribution in [0.2, 0.25) is 0 Å². The smallest absolute Gasteiger partial charge is 0.255 e. The molecule has 0 aliphatic heterocycles. The summed E-state index contributed by atoms with van der Waals surface area (Å²) in [6.45, 7) is 0. The van der Waals surface area contributed by atoms with Crippen molar-refractivity contribution in [2.45, 2.75) is 0 Å². The second-order valence-corrected chi connectivity index (χ2v) is 5.10. The summed E-state index contributed by atoms with van der Waals surface area (Å²) >= 11 is 2.20. The van der Waals surface area contributed by atoms with Crippen molar-refractivity contribution < 1.29 is 4.79 Å². The van der Waals surface area contributed by atoms with Crippen LogP contribution >= 0.6 is 22.6 Å². The molecule has 5 heteroatoms. The first-order valence-electron chi connectivity index (χ1n) is 5.27. The maximum Gasteiger partial charge on any atom is 0.255 e. The van der Waals surface area contributed by atoms with E-state index in [1.807, 2.05) is 24.3 Å². The lowest BCUT2D eigenvalue weighted by molar-refractivity contribution is 0.102. The van der Waals surface area contributed by atoms with Crippen LogP contribution in [0.5, 0.6) is 0 Å². The van der Waals surface area contributed by atoms with Crippen LogP contribution in [0, 0.1) is 3.57 Å². The van der Waals surface area contributed by atoms with E-state index in [1.54, 1.807) is 18.2 Å². The predicted molar refractivity (Wildman–Crippen MR) is 82.4 cm³/mol. The summed E-state index contributed by atoms with van der Waals surface area (Å²) in [4.78, 5) is 12.0. The molecule has 5 N–H and O–H groups in total. The second-order valence-electron chi connectivity index (χ2n) is 3.85. The van der Waals surface area contributed by atoms with E-state index in [0.717, 1.165) is 9.26 Å². The molecule has 0 radical (unpaired) electrons. The Hall–Kier alpha value is -1.76. The summed E-state index contributed by atoms with van der Waals surface area (Å²) in [5.41, 5.74) is 13.4. The molecule has 0 fully saturated rings. The lowest BCUT2D eigenvalue weighted by Crippen LogP contribution is -2.12. The topological polar surface area (TPSA) is 81.1 Å². The number of amides is 1. The van der Waals surface area contributed by atoms with Crippen molar-refractivity contribution in [2.75, 3.05) is 16.8 Å². The zero-order chi connectivity index (χ0) is 13.1. The molecule has 18 heavy (non-hydrogen) atoms. The summed E-state index contributed by atoms with van der Waals surface area (Å²) in [7, 11) is 0. The number of hydrogen-bond donors (Lipinski definition) is 3. The Kier molecular flexibility index (Phi) is 3.71. The minimum absolute atomic E-state index is 0.227. The lowest BCUT2D eigenvalue weighted by atomic mass is 10.1. The van der Waals surface area contributed by atoms with E-state index in [4.69, 9.17) is 11.5 Å². The molecule has 1 amide bonds. The molecule has 0 saturated heterocycles. The number of halogens is 1. The summed E-state index contributed by atoms with van der Waals surface area (Å²) in [6.07, 6.45) is 0. The van der Waals surface area contributed by atoms with Gasteiger partial charge in [-0.05, 0) is 65.1 Å². The van der Waals surface area contributed by atoms with Crippen LogP contribution in [0.3, 0.4) is 0 Å². The largest absolute Gasteiger partial charge is 0.399 e. The molecule has 2 rings (SSSR count). The number of hydrogen-bond acceptors (Lipinski definition) is 3. The van der Waals surface area contributed by atoms with Crippen LogP contribution in [-0.2, 0) is 0 Å². The lowest BCUT2D eigenvalue weighted by Gasteiger charge is -2.07. The molecule has 0 aliphatic carbocycles. The number of carbonyl (C=O) groups excluding carboxylic acids is 1. The van der Waals surface area contributed by atoms with E-state index < -0.39 is 0 Å². The van der Waals surface area contributed by atoms with E-state index in [2.05, 4.69) is 27.9 Å². The molecular formula is C13H12IN3O. The molecule has 4 nitrogen and oxygen atoms in total. The molecule has 0 heterocycles. The molecular weight excluding hydrogens is 341 g/mol. The van der Waals surface area contributed by atoms with Crippen molar-refractivity contribution in [3.8, 4) is 0 Å². The van der Waals surface area contributed by atoms with E-state index in [1.165, 1.54) is 0 Å².